The fourth-order valence-electron chi connectivity index (χ4n) is 1.60. The Morgan fingerprint density at radius 1 is 1.45 bits per heavy atom. The number of carboxylic acid groups (broad SMARTS) is 1. The predicted molar refractivity (Wildman–Crippen MR) is 74.7 cm³/mol. The van der Waals surface area contributed by atoms with E-state index in [4.69, 9.17) is 21.8 Å². The smallest absolute Gasteiger partial charge is 0.328 e. The van der Waals surface area contributed by atoms with E-state index in [1.807, 2.05) is 6.07 Å². The second kappa shape index (κ2) is 7.12. The molecular formula is C13H17ClN2O4. The summed E-state index contributed by atoms with van der Waals surface area (Å²) in [6.07, 6.45) is 0. The van der Waals surface area contributed by atoms with Gasteiger partial charge in [0, 0.05) is 12.1 Å². The van der Waals surface area contributed by atoms with Crippen LogP contribution in [-0.4, -0.2) is 46.8 Å². The number of carboxylic acids is 1. The Morgan fingerprint density at radius 3 is 2.60 bits per heavy atom. The molecule has 0 saturated carbocycles. The van der Waals surface area contributed by atoms with Crippen LogP contribution in [0.2, 0.25) is 5.02 Å². The summed E-state index contributed by atoms with van der Waals surface area (Å²) in [5.74, 6) is -1.29. The molecular weight excluding hydrogens is 284 g/mol. The molecule has 0 saturated heterocycles. The number of aliphatic carboxylic acids is 1. The Labute approximate surface area is 122 Å². The fourth-order valence-corrected chi connectivity index (χ4v) is 1.80. The first kappa shape index (κ1) is 16.3. The molecule has 0 aliphatic heterocycles. The van der Waals surface area contributed by atoms with Crippen molar-refractivity contribution in [1.82, 2.24) is 10.2 Å². The van der Waals surface area contributed by atoms with Crippen molar-refractivity contribution in [3.05, 3.63) is 34.9 Å². The van der Waals surface area contributed by atoms with E-state index >= 15 is 0 Å². The van der Waals surface area contributed by atoms with E-state index in [2.05, 4.69) is 5.32 Å². The highest BCUT2D eigenvalue weighted by atomic mass is 35.5. The van der Waals surface area contributed by atoms with Gasteiger partial charge in [0.05, 0.1) is 12.6 Å². The number of carbonyl (C=O) groups is 2. The Morgan fingerprint density at radius 2 is 2.10 bits per heavy atom. The third kappa shape index (κ3) is 4.11. The van der Waals surface area contributed by atoms with Gasteiger partial charge in [-0.25, -0.2) is 9.59 Å². The molecule has 0 fully saturated rings. The summed E-state index contributed by atoms with van der Waals surface area (Å²) in [7, 11) is 1.54. The van der Waals surface area contributed by atoms with Crippen LogP contribution in [0.25, 0.3) is 0 Å². The van der Waals surface area contributed by atoms with E-state index in [-0.39, 0.29) is 6.04 Å². The molecule has 20 heavy (non-hydrogen) atoms. The van der Waals surface area contributed by atoms with Crippen molar-refractivity contribution in [1.29, 1.82) is 0 Å². The largest absolute Gasteiger partial charge is 0.480 e. The second-order valence-electron chi connectivity index (χ2n) is 4.36. The minimum absolute atomic E-state index is 0.290. The highest BCUT2D eigenvalue weighted by Crippen LogP contribution is 2.21. The van der Waals surface area contributed by atoms with E-state index in [0.29, 0.717) is 5.02 Å². The van der Waals surface area contributed by atoms with E-state index in [9.17, 15) is 9.59 Å². The van der Waals surface area contributed by atoms with Gasteiger partial charge < -0.3 is 20.4 Å². The number of hydrogen-bond acceptors (Lipinski definition) is 3. The van der Waals surface area contributed by atoms with Gasteiger partial charge in [0.15, 0.2) is 6.04 Å². The monoisotopic (exact) mass is 300 g/mol. The molecule has 1 aromatic carbocycles. The van der Waals surface area contributed by atoms with Crippen LogP contribution in [0.3, 0.4) is 0 Å². The molecule has 0 radical (unpaired) electrons. The summed E-state index contributed by atoms with van der Waals surface area (Å²) in [5.41, 5.74) is 0.825. The van der Waals surface area contributed by atoms with Crippen molar-refractivity contribution in [2.75, 3.05) is 13.7 Å². The van der Waals surface area contributed by atoms with Crippen LogP contribution in [0.15, 0.2) is 24.3 Å². The molecule has 0 aromatic heterocycles. The second-order valence-corrected chi connectivity index (χ2v) is 4.80. The predicted octanol–water partition coefficient (Wildman–Crippen LogP) is 1.49. The molecule has 0 spiro atoms. The first-order valence-corrected chi connectivity index (χ1v) is 6.37. The number of hydrogen-bond donors (Lipinski definition) is 3. The number of aliphatic hydroxyl groups excluding tert-OH is 1. The normalized spacial score (nSPS) is 13.4. The summed E-state index contributed by atoms with van der Waals surface area (Å²) in [4.78, 5) is 24.0. The Bertz CT molecular complexity index is 495. The number of carbonyl (C=O) groups excluding carboxylic acids is 1. The lowest BCUT2D eigenvalue weighted by atomic mass is 10.1. The Balaban J connectivity index is 2.76. The fraction of sp³-hybridized carbons (Fsp3) is 0.385. The third-order valence-electron chi connectivity index (χ3n) is 3.01. The van der Waals surface area contributed by atoms with Crippen molar-refractivity contribution < 1.29 is 19.8 Å². The standard InChI is InChI=1S/C13H17ClN2O4/c1-8(9-4-3-5-10(14)6-9)16(2)13(20)15-11(7-17)12(18)19/h3-6,8,11,17H,7H2,1-2H3,(H,15,20)(H,18,19). The van der Waals surface area contributed by atoms with E-state index in [1.165, 1.54) is 11.9 Å². The molecule has 2 amide bonds. The van der Waals surface area contributed by atoms with Crippen LogP contribution >= 0.6 is 11.6 Å². The Hall–Kier alpha value is -1.79. The molecule has 2 unspecified atom stereocenters. The summed E-state index contributed by atoms with van der Waals surface area (Å²) in [5, 5.41) is 20.5. The van der Waals surface area contributed by atoms with E-state index in [1.54, 1.807) is 25.1 Å². The van der Waals surface area contributed by atoms with Crippen LogP contribution in [0.1, 0.15) is 18.5 Å². The van der Waals surface area contributed by atoms with Gasteiger partial charge in [0.2, 0.25) is 0 Å². The molecule has 110 valence electrons. The van der Waals surface area contributed by atoms with Crippen LogP contribution < -0.4 is 5.32 Å². The van der Waals surface area contributed by atoms with Crippen molar-refractivity contribution in [2.24, 2.45) is 0 Å². The number of nitrogens with zero attached hydrogens (tertiary/aromatic N) is 1. The SMILES string of the molecule is CC(c1cccc(Cl)c1)N(C)C(=O)NC(CO)C(=O)O. The van der Waals surface area contributed by atoms with Gasteiger partial charge in [-0.15, -0.1) is 0 Å². The molecule has 0 aliphatic carbocycles. The average molecular weight is 301 g/mol. The molecule has 1 rings (SSSR count). The number of nitrogens with one attached hydrogen (secondary N) is 1. The minimum Gasteiger partial charge on any atom is -0.480 e. The number of urea groups is 1. The summed E-state index contributed by atoms with van der Waals surface area (Å²) in [6.45, 7) is 1.13. The van der Waals surface area contributed by atoms with Gasteiger partial charge in [-0.3, -0.25) is 0 Å². The lowest BCUT2D eigenvalue weighted by Crippen LogP contribution is -2.48. The average Bonchev–Trinajstić information content (AvgIpc) is 2.42. The van der Waals surface area contributed by atoms with Crippen molar-refractivity contribution >= 4 is 23.6 Å². The molecule has 0 aliphatic rings. The van der Waals surface area contributed by atoms with Gasteiger partial charge in [0.1, 0.15) is 0 Å². The highest BCUT2D eigenvalue weighted by molar-refractivity contribution is 6.30. The number of amides is 2. The number of aliphatic hydroxyl groups is 1. The lowest BCUT2D eigenvalue weighted by molar-refractivity contribution is -0.140. The number of halogens is 1. The zero-order valence-corrected chi connectivity index (χ0v) is 12.0. The zero-order chi connectivity index (χ0) is 15.3. The summed E-state index contributed by atoms with van der Waals surface area (Å²) >= 11 is 5.89. The molecule has 0 heterocycles. The molecule has 0 bridgehead atoms. The maximum atomic E-state index is 11.9. The van der Waals surface area contributed by atoms with Crippen molar-refractivity contribution in [2.45, 2.75) is 19.0 Å². The van der Waals surface area contributed by atoms with Crippen LogP contribution in [-0.2, 0) is 4.79 Å². The molecule has 3 N–H and O–H groups in total. The van der Waals surface area contributed by atoms with Gasteiger partial charge >= 0.3 is 12.0 Å². The molecule has 2 atom stereocenters. The van der Waals surface area contributed by atoms with Gasteiger partial charge in [-0.05, 0) is 24.6 Å². The summed E-state index contributed by atoms with van der Waals surface area (Å²) < 4.78 is 0. The van der Waals surface area contributed by atoms with Crippen molar-refractivity contribution in [3.63, 3.8) is 0 Å². The van der Waals surface area contributed by atoms with Gasteiger partial charge in [-0.1, -0.05) is 23.7 Å². The summed E-state index contributed by atoms with van der Waals surface area (Å²) in [6, 6.07) is 4.85. The molecule has 6 nitrogen and oxygen atoms in total. The maximum Gasteiger partial charge on any atom is 0.328 e. The minimum atomic E-state index is -1.32. The topological polar surface area (TPSA) is 89.9 Å². The molecule has 7 heteroatoms. The maximum absolute atomic E-state index is 11.9. The zero-order valence-electron chi connectivity index (χ0n) is 11.2. The molecule has 1 aromatic rings. The lowest BCUT2D eigenvalue weighted by Gasteiger charge is -2.27. The Kier molecular flexibility index (Phi) is 5.79. The van der Waals surface area contributed by atoms with Crippen LogP contribution in [0.5, 0.6) is 0 Å². The highest BCUT2D eigenvalue weighted by Gasteiger charge is 2.23. The van der Waals surface area contributed by atoms with Crippen LogP contribution in [0.4, 0.5) is 4.79 Å². The van der Waals surface area contributed by atoms with Crippen LogP contribution in [0, 0.1) is 0 Å². The van der Waals surface area contributed by atoms with Crippen molar-refractivity contribution in [3.8, 4) is 0 Å². The van der Waals surface area contributed by atoms with Gasteiger partial charge in [-0.2, -0.15) is 0 Å². The van der Waals surface area contributed by atoms with E-state index in [0.717, 1.165) is 5.56 Å². The number of rotatable bonds is 5. The third-order valence-corrected chi connectivity index (χ3v) is 3.25. The van der Waals surface area contributed by atoms with Gasteiger partial charge in [0.25, 0.3) is 0 Å². The quantitative estimate of drug-likeness (QED) is 0.768. The first-order valence-electron chi connectivity index (χ1n) is 5.99. The first-order chi connectivity index (χ1) is 9.36. The number of benzene rings is 1. The van der Waals surface area contributed by atoms with E-state index < -0.39 is 24.6 Å².